The molecule has 3 rings (SSSR count). The molecule has 9 nitrogen and oxygen atoms in total. The molecule has 3 heterocycles. The Hall–Kier alpha value is -3.75. The molecule has 174 valence electrons. The number of aromatic nitrogens is 2. The predicted molar refractivity (Wildman–Crippen MR) is 127 cm³/mol. The Morgan fingerprint density at radius 3 is 2.76 bits per heavy atom. The van der Waals surface area contributed by atoms with Crippen molar-refractivity contribution in [1.82, 2.24) is 20.2 Å². The topological polar surface area (TPSA) is 120 Å². The standard InChI is InChI=1S/C24H30N6O3/c1-5-10-26-15-17(14-25)19-13-18(8-11-27-19)33-20-6-7-21(28-16(20)2)29-23(32)30-12-9-24(3,4)22(30)31/h6-8,11,13-15,25-26H,5,9-10,12H2,1-4H3,(H,28,29,32)/b17-15+,25-14?. The molecule has 9 heteroatoms. The van der Waals surface area contributed by atoms with Crippen LogP contribution < -0.4 is 15.4 Å². The molecule has 0 atom stereocenters. The Morgan fingerprint density at radius 2 is 2.12 bits per heavy atom. The number of nitrogens with one attached hydrogen (secondary N) is 3. The van der Waals surface area contributed by atoms with Gasteiger partial charge in [0.1, 0.15) is 17.3 Å². The maximum absolute atomic E-state index is 12.5. The van der Waals surface area contributed by atoms with E-state index in [4.69, 9.17) is 10.1 Å². The molecule has 3 N–H and O–H groups in total. The predicted octanol–water partition coefficient (Wildman–Crippen LogP) is 4.36. The zero-order valence-corrected chi connectivity index (χ0v) is 19.4. The third kappa shape index (κ3) is 5.74. The molecular formula is C24H30N6O3. The summed E-state index contributed by atoms with van der Waals surface area (Å²) in [4.78, 5) is 34.8. The normalized spacial score (nSPS) is 15.3. The summed E-state index contributed by atoms with van der Waals surface area (Å²) < 4.78 is 5.97. The van der Waals surface area contributed by atoms with Crippen LogP contribution in [0.5, 0.6) is 11.5 Å². The number of imide groups is 1. The fourth-order valence-electron chi connectivity index (χ4n) is 3.34. The van der Waals surface area contributed by atoms with Crippen LogP contribution in [0.25, 0.3) is 5.57 Å². The highest BCUT2D eigenvalue weighted by Gasteiger charge is 2.41. The van der Waals surface area contributed by atoms with E-state index in [1.807, 2.05) is 13.8 Å². The van der Waals surface area contributed by atoms with Gasteiger partial charge in [0.2, 0.25) is 5.91 Å². The summed E-state index contributed by atoms with van der Waals surface area (Å²) in [7, 11) is 0. The van der Waals surface area contributed by atoms with E-state index in [9.17, 15) is 9.59 Å². The van der Waals surface area contributed by atoms with Gasteiger partial charge in [-0.05, 0) is 38.0 Å². The molecule has 1 aliphatic rings. The number of anilines is 1. The van der Waals surface area contributed by atoms with Crippen molar-refractivity contribution in [2.75, 3.05) is 18.4 Å². The van der Waals surface area contributed by atoms with Gasteiger partial charge >= 0.3 is 6.03 Å². The molecule has 1 saturated heterocycles. The lowest BCUT2D eigenvalue weighted by molar-refractivity contribution is -0.131. The maximum Gasteiger partial charge on any atom is 0.329 e. The number of likely N-dealkylation sites (tertiary alicyclic amines) is 1. The number of urea groups is 1. The van der Waals surface area contributed by atoms with E-state index in [-0.39, 0.29) is 5.91 Å². The van der Waals surface area contributed by atoms with E-state index in [0.717, 1.165) is 13.0 Å². The van der Waals surface area contributed by atoms with Crippen LogP contribution in [0, 0.1) is 17.7 Å². The van der Waals surface area contributed by atoms with Crippen molar-refractivity contribution in [2.24, 2.45) is 5.41 Å². The molecule has 33 heavy (non-hydrogen) atoms. The van der Waals surface area contributed by atoms with E-state index in [2.05, 4.69) is 27.5 Å². The van der Waals surface area contributed by atoms with Crippen molar-refractivity contribution >= 4 is 29.5 Å². The first kappa shape index (κ1) is 23.9. The number of hydrogen-bond donors (Lipinski definition) is 3. The maximum atomic E-state index is 12.5. The zero-order valence-electron chi connectivity index (χ0n) is 19.4. The molecule has 0 unspecified atom stereocenters. The molecular weight excluding hydrogens is 420 g/mol. The molecule has 1 fully saturated rings. The molecule has 2 aromatic rings. The van der Waals surface area contributed by atoms with Gasteiger partial charge in [0, 0.05) is 48.8 Å². The minimum atomic E-state index is -0.527. The highest BCUT2D eigenvalue weighted by atomic mass is 16.5. The van der Waals surface area contributed by atoms with Crippen LogP contribution >= 0.6 is 0 Å². The summed E-state index contributed by atoms with van der Waals surface area (Å²) in [6.45, 7) is 8.72. The van der Waals surface area contributed by atoms with Gasteiger partial charge in [-0.25, -0.2) is 9.78 Å². The van der Waals surface area contributed by atoms with Gasteiger partial charge in [-0.15, -0.1) is 0 Å². The fraction of sp³-hybridized carbons (Fsp3) is 0.375. The molecule has 0 saturated carbocycles. The van der Waals surface area contributed by atoms with Gasteiger partial charge in [-0.3, -0.25) is 20.0 Å². The first-order valence-electron chi connectivity index (χ1n) is 10.9. The molecule has 0 aliphatic carbocycles. The summed E-state index contributed by atoms with van der Waals surface area (Å²) >= 11 is 0. The van der Waals surface area contributed by atoms with Crippen LogP contribution in [0.2, 0.25) is 0 Å². The Labute approximate surface area is 193 Å². The molecule has 0 radical (unpaired) electrons. The van der Waals surface area contributed by atoms with Crippen molar-refractivity contribution in [3.8, 4) is 11.5 Å². The number of carbonyl (C=O) groups excluding carboxylic acids is 2. The monoisotopic (exact) mass is 450 g/mol. The minimum absolute atomic E-state index is 0.187. The molecule has 3 amide bonds. The highest BCUT2D eigenvalue weighted by molar-refractivity contribution is 6.07. The Balaban J connectivity index is 1.70. The number of nitrogens with zero attached hydrogens (tertiary/aromatic N) is 3. The van der Waals surface area contributed by atoms with Crippen LogP contribution in [0.15, 0.2) is 36.7 Å². The first-order valence-corrected chi connectivity index (χ1v) is 10.9. The molecule has 2 aromatic heterocycles. The van der Waals surface area contributed by atoms with E-state index in [0.29, 0.717) is 47.2 Å². The second-order valence-electron chi connectivity index (χ2n) is 8.48. The summed E-state index contributed by atoms with van der Waals surface area (Å²) in [6, 6.07) is 6.34. The van der Waals surface area contributed by atoms with Crippen LogP contribution in [0.4, 0.5) is 10.6 Å². The van der Waals surface area contributed by atoms with Gasteiger partial charge in [0.05, 0.1) is 11.4 Å². The summed E-state index contributed by atoms with van der Waals surface area (Å²) in [5.74, 6) is 1.23. The van der Waals surface area contributed by atoms with Crippen molar-refractivity contribution in [3.63, 3.8) is 0 Å². The first-order chi connectivity index (χ1) is 15.7. The third-order valence-corrected chi connectivity index (χ3v) is 5.36. The lowest BCUT2D eigenvalue weighted by atomic mass is 9.92. The SMILES string of the molecule is CCCN/C=C(\C=N)c1cc(Oc2ccc(NC(=O)N3CCC(C)(C)C3=O)nc2C)ccn1. The average molecular weight is 451 g/mol. The van der Waals surface area contributed by atoms with Crippen molar-refractivity contribution in [3.05, 3.63) is 48.1 Å². The van der Waals surface area contributed by atoms with E-state index in [1.54, 1.807) is 43.6 Å². The second-order valence-corrected chi connectivity index (χ2v) is 8.48. The smallest absolute Gasteiger partial charge is 0.329 e. The Morgan fingerprint density at radius 1 is 1.33 bits per heavy atom. The lowest BCUT2D eigenvalue weighted by Gasteiger charge is -2.18. The second kappa shape index (κ2) is 10.2. The number of ether oxygens (including phenoxy) is 1. The molecule has 0 spiro atoms. The fourth-order valence-corrected chi connectivity index (χ4v) is 3.34. The largest absolute Gasteiger partial charge is 0.455 e. The van der Waals surface area contributed by atoms with Crippen LogP contribution in [0.1, 0.15) is 45.0 Å². The minimum Gasteiger partial charge on any atom is -0.455 e. The number of allylic oxidation sites excluding steroid dienone is 1. The molecule has 1 aliphatic heterocycles. The number of aryl methyl sites for hydroxylation is 1. The van der Waals surface area contributed by atoms with Gasteiger partial charge in [-0.1, -0.05) is 20.8 Å². The quantitative estimate of drug-likeness (QED) is 0.406. The lowest BCUT2D eigenvalue weighted by Crippen LogP contribution is -2.39. The summed E-state index contributed by atoms with van der Waals surface area (Å²) in [5, 5.41) is 13.5. The van der Waals surface area contributed by atoms with Gasteiger partial charge < -0.3 is 15.5 Å². The highest BCUT2D eigenvalue weighted by Crippen LogP contribution is 2.31. The van der Waals surface area contributed by atoms with Gasteiger partial charge in [0.15, 0.2) is 0 Å². The third-order valence-electron chi connectivity index (χ3n) is 5.36. The average Bonchev–Trinajstić information content (AvgIpc) is 3.06. The number of hydrogen-bond acceptors (Lipinski definition) is 7. The number of rotatable bonds is 8. The van der Waals surface area contributed by atoms with E-state index < -0.39 is 11.4 Å². The van der Waals surface area contributed by atoms with E-state index in [1.165, 1.54) is 11.1 Å². The van der Waals surface area contributed by atoms with Gasteiger partial charge in [-0.2, -0.15) is 0 Å². The zero-order chi connectivity index (χ0) is 24.0. The number of amides is 3. The van der Waals surface area contributed by atoms with E-state index >= 15 is 0 Å². The molecule has 0 aromatic carbocycles. The Bertz CT molecular complexity index is 1080. The summed E-state index contributed by atoms with van der Waals surface area (Å²) in [5.41, 5.74) is 1.30. The van der Waals surface area contributed by atoms with Crippen molar-refractivity contribution in [2.45, 2.75) is 40.5 Å². The van der Waals surface area contributed by atoms with Crippen molar-refractivity contribution in [1.29, 1.82) is 5.41 Å². The van der Waals surface area contributed by atoms with Crippen LogP contribution in [-0.4, -0.2) is 46.1 Å². The van der Waals surface area contributed by atoms with Crippen LogP contribution in [0.3, 0.4) is 0 Å². The molecule has 0 bridgehead atoms. The number of pyridine rings is 2. The number of carbonyl (C=O) groups is 2. The van der Waals surface area contributed by atoms with Crippen LogP contribution in [-0.2, 0) is 4.79 Å². The Kier molecular flexibility index (Phi) is 7.42. The van der Waals surface area contributed by atoms with Gasteiger partial charge in [0.25, 0.3) is 0 Å². The summed E-state index contributed by atoms with van der Waals surface area (Å²) in [6.07, 6.45) is 6.24. The van der Waals surface area contributed by atoms with Crippen molar-refractivity contribution < 1.29 is 14.3 Å².